The summed E-state index contributed by atoms with van der Waals surface area (Å²) in [7, 11) is 0. The van der Waals surface area contributed by atoms with E-state index < -0.39 is 11.9 Å². The molecule has 0 aliphatic heterocycles. The number of nitrogens with zero attached hydrogens (tertiary/aromatic N) is 2. The van der Waals surface area contributed by atoms with Gasteiger partial charge in [0.05, 0.1) is 6.54 Å². The Hall–Kier alpha value is -3.59. The zero-order chi connectivity index (χ0) is 25.4. The minimum Gasteiger partial charge on any atom is -0.352 e. The van der Waals surface area contributed by atoms with Crippen molar-refractivity contribution in [3.05, 3.63) is 81.9 Å². The van der Waals surface area contributed by atoms with Gasteiger partial charge in [0.25, 0.3) is 0 Å². The average Bonchev–Trinajstić information content (AvgIpc) is 3.31. The first-order valence-corrected chi connectivity index (χ1v) is 12.2. The van der Waals surface area contributed by atoms with Gasteiger partial charge in [-0.15, -0.1) is 11.3 Å². The minimum atomic E-state index is -0.978. The number of rotatable bonds is 10. The molecule has 0 unspecified atom stereocenters. The van der Waals surface area contributed by atoms with Crippen molar-refractivity contribution in [2.45, 2.75) is 52.2 Å². The fourth-order valence-electron chi connectivity index (χ4n) is 3.55. The second kappa shape index (κ2) is 12.2. The second-order valence-corrected chi connectivity index (χ2v) is 9.52. The maximum Gasteiger partial charge on any atom is 0.247 e. The fourth-order valence-corrected chi connectivity index (χ4v) is 4.25. The summed E-state index contributed by atoms with van der Waals surface area (Å²) in [6.07, 6.45) is 1.42. The molecule has 0 saturated heterocycles. The highest BCUT2D eigenvalue weighted by Gasteiger charge is 2.32. The summed E-state index contributed by atoms with van der Waals surface area (Å²) in [4.78, 5) is 45.6. The van der Waals surface area contributed by atoms with E-state index in [1.165, 1.54) is 40.5 Å². The Morgan fingerprint density at radius 3 is 2.46 bits per heavy atom. The Labute approximate surface area is 208 Å². The molecule has 0 aliphatic rings. The van der Waals surface area contributed by atoms with Gasteiger partial charge in [-0.05, 0) is 67.6 Å². The van der Waals surface area contributed by atoms with Crippen LogP contribution in [0.4, 0.5) is 10.2 Å². The maximum absolute atomic E-state index is 13.6. The van der Waals surface area contributed by atoms with Gasteiger partial charge in [0.2, 0.25) is 17.7 Å². The Bertz CT molecular complexity index is 1150. The number of anilines is 1. The van der Waals surface area contributed by atoms with Crippen molar-refractivity contribution in [3.63, 3.8) is 0 Å². The molecule has 0 aliphatic carbocycles. The van der Waals surface area contributed by atoms with Gasteiger partial charge in [0.1, 0.15) is 17.7 Å². The lowest BCUT2D eigenvalue weighted by molar-refractivity contribution is -0.142. The molecule has 3 aromatic rings. The van der Waals surface area contributed by atoms with Crippen LogP contribution in [0, 0.1) is 12.7 Å². The minimum absolute atomic E-state index is 0.0721. The van der Waals surface area contributed by atoms with Gasteiger partial charge in [0.15, 0.2) is 0 Å². The van der Waals surface area contributed by atoms with Crippen molar-refractivity contribution >= 4 is 34.9 Å². The summed E-state index contributed by atoms with van der Waals surface area (Å²) >= 11 is 1.46. The van der Waals surface area contributed by atoms with Crippen LogP contribution in [0.3, 0.4) is 0 Å². The number of nitrogens with one attached hydrogen (secondary N) is 2. The van der Waals surface area contributed by atoms with Crippen LogP contribution in [-0.4, -0.2) is 33.6 Å². The largest absolute Gasteiger partial charge is 0.352 e. The molecule has 0 bridgehead atoms. The number of aromatic nitrogens is 1. The highest BCUT2D eigenvalue weighted by atomic mass is 32.1. The first kappa shape index (κ1) is 26.0. The van der Waals surface area contributed by atoms with Crippen molar-refractivity contribution < 1.29 is 18.8 Å². The monoisotopic (exact) mass is 496 g/mol. The number of thiophene rings is 1. The molecule has 0 spiro atoms. The van der Waals surface area contributed by atoms with E-state index in [2.05, 4.69) is 15.6 Å². The second-order valence-electron chi connectivity index (χ2n) is 8.48. The molecule has 1 atom stereocenters. The Balaban J connectivity index is 1.83. The normalized spacial score (nSPS) is 11.7. The van der Waals surface area contributed by atoms with Gasteiger partial charge in [-0.2, -0.15) is 0 Å². The van der Waals surface area contributed by atoms with Gasteiger partial charge in [0, 0.05) is 30.0 Å². The van der Waals surface area contributed by atoms with Crippen LogP contribution in [0.2, 0.25) is 0 Å². The molecule has 3 rings (SSSR count). The lowest BCUT2D eigenvalue weighted by Crippen LogP contribution is -2.45. The highest BCUT2D eigenvalue weighted by Crippen LogP contribution is 2.27. The van der Waals surface area contributed by atoms with E-state index in [1.807, 2.05) is 44.4 Å². The van der Waals surface area contributed by atoms with Crippen molar-refractivity contribution in [2.75, 3.05) is 5.32 Å². The predicted molar refractivity (Wildman–Crippen MR) is 134 cm³/mol. The molecule has 0 radical (unpaired) electrons. The maximum atomic E-state index is 13.6. The number of halogens is 1. The molecule has 1 aromatic carbocycles. The van der Waals surface area contributed by atoms with Crippen LogP contribution >= 0.6 is 11.3 Å². The van der Waals surface area contributed by atoms with Gasteiger partial charge in [-0.25, -0.2) is 9.37 Å². The van der Waals surface area contributed by atoms with E-state index in [1.54, 1.807) is 12.3 Å². The lowest BCUT2D eigenvalue weighted by Gasteiger charge is -2.32. The molecular weight excluding hydrogens is 467 g/mol. The van der Waals surface area contributed by atoms with E-state index in [0.717, 1.165) is 10.4 Å². The zero-order valence-corrected chi connectivity index (χ0v) is 20.8. The number of amides is 3. The fraction of sp³-hybridized carbons (Fsp3) is 0.308. The molecule has 9 heteroatoms. The number of hydrogen-bond acceptors (Lipinski definition) is 5. The van der Waals surface area contributed by atoms with Crippen molar-refractivity contribution in [1.29, 1.82) is 0 Å². The third kappa shape index (κ3) is 7.71. The summed E-state index contributed by atoms with van der Waals surface area (Å²) in [5.74, 6) is -1.10. The number of hydrogen-bond donors (Lipinski definition) is 2. The van der Waals surface area contributed by atoms with Crippen molar-refractivity contribution in [3.8, 4) is 0 Å². The van der Waals surface area contributed by atoms with Gasteiger partial charge in [-0.3, -0.25) is 14.4 Å². The zero-order valence-electron chi connectivity index (χ0n) is 20.0. The highest BCUT2D eigenvalue weighted by molar-refractivity contribution is 7.09. The molecule has 35 heavy (non-hydrogen) atoms. The molecule has 2 N–H and O–H groups in total. The van der Waals surface area contributed by atoms with E-state index in [4.69, 9.17) is 0 Å². The number of pyridine rings is 1. The summed E-state index contributed by atoms with van der Waals surface area (Å²) in [5, 5.41) is 7.45. The van der Waals surface area contributed by atoms with Crippen LogP contribution in [-0.2, 0) is 20.9 Å². The van der Waals surface area contributed by atoms with E-state index in [9.17, 15) is 18.8 Å². The molecule has 2 heterocycles. The third-order valence-electron chi connectivity index (χ3n) is 5.15. The Morgan fingerprint density at radius 1 is 1.09 bits per heavy atom. The van der Waals surface area contributed by atoms with E-state index >= 15 is 0 Å². The van der Waals surface area contributed by atoms with Crippen molar-refractivity contribution in [1.82, 2.24) is 15.2 Å². The Kier molecular flexibility index (Phi) is 9.08. The molecule has 3 amide bonds. The molecule has 2 aromatic heterocycles. The third-order valence-corrected chi connectivity index (χ3v) is 6.01. The average molecular weight is 497 g/mol. The standard InChI is InChI=1S/C26H29FN4O3S/c1-17(2)29-26(34)25(19-6-8-20(27)9-7-19)31(16-21-5-4-14-35-21)24(33)11-10-23(32)30-22-15-18(3)12-13-28-22/h4-9,12-15,17,25H,10-11,16H2,1-3H3,(H,29,34)(H,28,30,32)/t25-/m1/s1. The van der Waals surface area contributed by atoms with Gasteiger partial charge >= 0.3 is 0 Å². The van der Waals surface area contributed by atoms with E-state index in [-0.39, 0.29) is 43.1 Å². The SMILES string of the molecule is Cc1ccnc(NC(=O)CCC(=O)N(Cc2cccs2)[C@@H](C(=O)NC(C)C)c2ccc(F)cc2)c1. The van der Waals surface area contributed by atoms with E-state index in [0.29, 0.717) is 11.4 Å². The summed E-state index contributed by atoms with van der Waals surface area (Å²) in [6, 6.07) is 11.7. The molecule has 184 valence electrons. The first-order chi connectivity index (χ1) is 16.7. The van der Waals surface area contributed by atoms with Crippen LogP contribution < -0.4 is 10.6 Å². The summed E-state index contributed by atoms with van der Waals surface area (Å²) in [6.45, 7) is 5.73. The van der Waals surface area contributed by atoms with Crippen LogP contribution in [0.15, 0.2) is 60.1 Å². The molecule has 0 saturated carbocycles. The molecule has 0 fully saturated rings. The number of aryl methyl sites for hydroxylation is 1. The van der Waals surface area contributed by atoms with Gasteiger partial charge < -0.3 is 15.5 Å². The summed E-state index contributed by atoms with van der Waals surface area (Å²) in [5.41, 5.74) is 1.44. The smallest absolute Gasteiger partial charge is 0.247 e. The number of carbonyl (C=O) groups excluding carboxylic acids is 3. The topological polar surface area (TPSA) is 91.4 Å². The van der Waals surface area contributed by atoms with Gasteiger partial charge in [-0.1, -0.05) is 18.2 Å². The molecular formula is C26H29FN4O3S. The summed E-state index contributed by atoms with van der Waals surface area (Å²) < 4.78 is 13.6. The molecule has 7 nitrogen and oxygen atoms in total. The van der Waals surface area contributed by atoms with Crippen LogP contribution in [0.1, 0.15) is 48.7 Å². The number of carbonyl (C=O) groups is 3. The van der Waals surface area contributed by atoms with Crippen LogP contribution in [0.5, 0.6) is 0 Å². The lowest BCUT2D eigenvalue weighted by atomic mass is 10.0. The quantitative estimate of drug-likeness (QED) is 0.429. The first-order valence-electron chi connectivity index (χ1n) is 11.3. The predicted octanol–water partition coefficient (Wildman–Crippen LogP) is 4.60. The number of benzene rings is 1. The van der Waals surface area contributed by atoms with Crippen LogP contribution in [0.25, 0.3) is 0 Å². The van der Waals surface area contributed by atoms with Crippen molar-refractivity contribution in [2.24, 2.45) is 0 Å². The Morgan fingerprint density at radius 2 is 1.83 bits per heavy atom.